The second kappa shape index (κ2) is 9.65. The number of carbonyl (C=O) groups is 2. The zero-order chi connectivity index (χ0) is 18.2. The summed E-state index contributed by atoms with van der Waals surface area (Å²) in [5.41, 5.74) is 0.745. The third-order valence-corrected chi connectivity index (χ3v) is 4.53. The van der Waals surface area contributed by atoms with Crippen molar-refractivity contribution in [2.75, 3.05) is 16.8 Å². The summed E-state index contributed by atoms with van der Waals surface area (Å²) >= 11 is 12.7. The smallest absolute Gasteiger partial charge is 0.316 e. The normalized spacial score (nSPS) is 10.4. The fourth-order valence-electron chi connectivity index (χ4n) is 1.82. The lowest BCUT2D eigenvalue weighted by molar-refractivity contribution is -0.141. The molecule has 0 fully saturated rings. The molecule has 0 atom stereocenters. The van der Waals surface area contributed by atoms with Crippen LogP contribution in [-0.4, -0.2) is 23.4 Å². The fourth-order valence-corrected chi connectivity index (χ4v) is 2.78. The molecule has 0 aliphatic carbocycles. The lowest BCUT2D eigenvalue weighted by Crippen LogP contribution is -2.16. The van der Waals surface area contributed by atoms with Crippen LogP contribution in [0.15, 0.2) is 42.5 Å². The van der Waals surface area contributed by atoms with E-state index in [0.717, 1.165) is 11.8 Å². The summed E-state index contributed by atoms with van der Waals surface area (Å²) in [6.07, 6.45) is 0. The van der Waals surface area contributed by atoms with Gasteiger partial charge in [-0.3, -0.25) is 9.59 Å². The zero-order valence-electron chi connectivity index (χ0n) is 12.9. The Bertz CT molecular complexity index is 736. The van der Waals surface area contributed by atoms with Gasteiger partial charge >= 0.3 is 5.97 Å². The van der Waals surface area contributed by atoms with Gasteiger partial charge in [-0.1, -0.05) is 29.3 Å². The van der Waals surface area contributed by atoms with Crippen molar-refractivity contribution in [2.24, 2.45) is 0 Å². The van der Waals surface area contributed by atoms with Gasteiger partial charge in [0.2, 0.25) is 5.91 Å². The number of thioether (sulfide) groups is 1. The number of anilines is 1. The summed E-state index contributed by atoms with van der Waals surface area (Å²) in [4.78, 5) is 23.4. The van der Waals surface area contributed by atoms with E-state index in [1.54, 1.807) is 24.3 Å². The first-order chi connectivity index (χ1) is 12.0. The highest BCUT2D eigenvalue weighted by atomic mass is 35.5. The molecule has 0 bridgehead atoms. The average molecular weight is 402 g/mol. The van der Waals surface area contributed by atoms with Crippen molar-refractivity contribution in [1.29, 1.82) is 0 Å². The molecule has 0 unspecified atom stereocenters. The Kier molecular flexibility index (Phi) is 7.55. The monoisotopic (exact) mass is 401 g/mol. The van der Waals surface area contributed by atoms with Crippen molar-refractivity contribution in [1.82, 2.24) is 0 Å². The second-order valence-electron chi connectivity index (χ2n) is 4.91. The molecule has 0 radical (unpaired) electrons. The summed E-state index contributed by atoms with van der Waals surface area (Å²) in [6, 6.07) is 10.9. The zero-order valence-corrected chi connectivity index (χ0v) is 15.3. The lowest BCUT2D eigenvalue weighted by atomic mass is 10.2. The minimum Gasteiger partial charge on any atom is -0.460 e. The summed E-state index contributed by atoms with van der Waals surface area (Å²) in [6.45, 7) is -0.248. The Labute approximate surface area is 158 Å². The number of amides is 1. The van der Waals surface area contributed by atoms with Gasteiger partial charge in [0.05, 0.1) is 16.5 Å². The van der Waals surface area contributed by atoms with E-state index in [-0.39, 0.29) is 34.6 Å². The highest BCUT2D eigenvalue weighted by Gasteiger charge is 2.11. The molecule has 2 rings (SSSR count). The standard InChI is InChI=1S/C17H14Cl2FNO3S/c18-11-4-6-12(7-5-11)21-16(22)9-25-10-17(23)24-8-13-14(19)2-1-3-15(13)20/h1-7H,8-10H2,(H,21,22). The molecule has 2 aromatic rings. The van der Waals surface area contributed by atoms with Gasteiger partial charge in [-0.05, 0) is 36.4 Å². The minimum atomic E-state index is -0.552. The Morgan fingerprint density at radius 2 is 1.80 bits per heavy atom. The Morgan fingerprint density at radius 3 is 2.48 bits per heavy atom. The van der Waals surface area contributed by atoms with E-state index in [0.29, 0.717) is 10.7 Å². The molecular weight excluding hydrogens is 388 g/mol. The van der Waals surface area contributed by atoms with E-state index in [9.17, 15) is 14.0 Å². The highest BCUT2D eigenvalue weighted by molar-refractivity contribution is 8.00. The fraction of sp³-hybridized carbons (Fsp3) is 0.176. The van der Waals surface area contributed by atoms with Crippen LogP contribution in [0.3, 0.4) is 0 Å². The van der Waals surface area contributed by atoms with E-state index < -0.39 is 11.8 Å². The van der Waals surface area contributed by atoms with Crippen LogP contribution >= 0.6 is 35.0 Å². The molecule has 1 N–H and O–H groups in total. The number of carbonyl (C=O) groups excluding carboxylic acids is 2. The maximum Gasteiger partial charge on any atom is 0.316 e. The molecule has 0 aliphatic rings. The number of esters is 1. The molecule has 0 saturated heterocycles. The quantitative estimate of drug-likeness (QED) is 0.691. The van der Waals surface area contributed by atoms with Crippen LogP contribution in [0.4, 0.5) is 10.1 Å². The molecule has 0 saturated carbocycles. The van der Waals surface area contributed by atoms with Gasteiger partial charge in [0.15, 0.2) is 0 Å². The minimum absolute atomic E-state index is 0.0277. The van der Waals surface area contributed by atoms with Crippen molar-refractivity contribution in [3.8, 4) is 0 Å². The number of hydrogen-bond acceptors (Lipinski definition) is 4. The van der Waals surface area contributed by atoms with Crippen molar-refractivity contribution in [3.63, 3.8) is 0 Å². The SMILES string of the molecule is O=C(CSCC(=O)OCc1c(F)cccc1Cl)Nc1ccc(Cl)cc1. The maximum absolute atomic E-state index is 13.5. The van der Waals surface area contributed by atoms with Crippen molar-refractivity contribution < 1.29 is 18.7 Å². The topological polar surface area (TPSA) is 55.4 Å². The molecule has 1 amide bonds. The number of benzene rings is 2. The van der Waals surface area contributed by atoms with E-state index >= 15 is 0 Å². The molecular formula is C17H14Cl2FNO3S. The van der Waals surface area contributed by atoms with Crippen LogP contribution in [0.5, 0.6) is 0 Å². The number of nitrogens with one attached hydrogen (secondary N) is 1. The first-order valence-electron chi connectivity index (χ1n) is 7.17. The predicted octanol–water partition coefficient (Wildman–Crippen LogP) is 4.55. The maximum atomic E-state index is 13.5. The van der Waals surface area contributed by atoms with Crippen molar-refractivity contribution >= 4 is 52.5 Å². The van der Waals surface area contributed by atoms with Crippen LogP contribution in [0.2, 0.25) is 10.0 Å². The second-order valence-corrected chi connectivity index (χ2v) is 6.74. The first kappa shape index (κ1) is 19.6. The van der Waals surface area contributed by atoms with Gasteiger partial charge in [-0.15, -0.1) is 11.8 Å². The summed E-state index contributed by atoms with van der Waals surface area (Å²) in [5.74, 6) is -1.28. The van der Waals surface area contributed by atoms with E-state index in [2.05, 4.69) is 5.32 Å². The predicted molar refractivity (Wildman–Crippen MR) is 98.6 cm³/mol. The third kappa shape index (κ3) is 6.57. The molecule has 0 heterocycles. The molecule has 2 aromatic carbocycles. The van der Waals surface area contributed by atoms with Gasteiger partial charge in [-0.2, -0.15) is 0 Å². The summed E-state index contributed by atoms with van der Waals surface area (Å²) in [5, 5.41) is 3.45. The average Bonchev–Trinajstić information content (AvgIpc) is 2.56. The van der Waals surface area contributed by atoms with Gasteiger partial charge in [-0.25, -0.2) is 4.39 Å². The van der Waals surface area contributed by atoms with Crippen LogP contribution in [0.25, 0.3) is 0 Å². The summed E-state index contributed by atoms with van der Waals surface area (Å²) < 4.78 is 18.5. The molecule has 8 heteroatoms. The van der Waals surface area contributed by atoms with Crippen LogP contribution in [0.1, 0.15) is 5.56 Å². The van der Waals surface area contributed by atoms with E-state index in [4.69, 9.17) is 27.9 Å². The lowest BCUT2D eigenvalue weighted by Gasteiger charge is -2.08. The van der Waals surface area contributed by atoms with Crippen LogP contribution in [-0.2, 0) is 20.9 Å². The van der Waals surface area contributed by atoms with E-state index in [1.807, 2.05) is 0 Å². The Hall–Kier alpha value is -1.76. The molecule has 132 valence electrons. The largest absolute Gasteiger partial charge is 0.460 e. The Balaban J connectivity index is 1.69. The number of ether oxygens (including phenoxy) is 1. The van der Waals surface area contributed by atoms with Crippen molar-refractivity contribution in [2.45, 2.75) is 6.61 Å². The first-order valence-corrected chi connectivity index (χ1v) is 9.08. The van der Waals surface area contributed by atoms with Gasteiger partial charge in [0.25, 0.3) is 0 Å². The van der Waals surface area contributed by atoms with Gasteiger partial charge in [0, 0.05) is 16.3 Å². The molecule has 0 spiro atoms. The Morgan fingerprint density at radius 1 is 1.08 bits per heavy atom. The molecule has 0 aliphatic heterocycles. The van der Waals surface area contributed by atoms with Crippen molar-refractivity contribution in [3.05, 3.63) is 63.9 Å². The number of hydrogen-bond donors (Lipinski definition) is 1. The van der Waals surface area contributed by atoms with Gasteiger partial charge in [0.1, 0.15) is 12.4 Å². The molecule has 0 aromatic heterocycles. The van der Waals surface area contributed by atoms with E-state index in [1.165, 1.54) is 18.2 Å². The number of rotatable bonds is 7. The number of halogens is 3. The van der Waals surface area contributed by atoms with Crippen LogP contribution < -0.4 is 5.32 Å². The van der Waals surface area contributed by atoms with Gasteiger partial charge < -0.3 is 10.1 Å². The molecule has 25 heavy (non-hydrogen) atoms. The molecule has 4 nitrogen and oxygen atoms in total. The third-order valence-electron chi connectivity index (χ3n) is 3.02. The highest BCUT2D eigenvalue weighted by Crippen LogP contribution is 2.20. The van der Waals surface area contributed by atoms with Crippen LogP contribution in [0, 0.1) is 5.82 Å². The summed E-state index contributed by atoms with van der Waals surface area (Å²) in [7, 11) is 0.